The van der Waals surface area contributed by atoms with Crippen LogP contribution in [0.25, 0.3) is 104 Å². The van der Waals surface area contributed by atoms with Crippen molar-refractivity contribution >= 4 is 88.4 Å². The van der Waals surface area contributed by atoms with E-state index in [1.807, 2.05) is 0 Å². The average Bonchev–Trinajstić information content (AvgIpc) is 3.91. The first kappa shape index (κ1) is 43.9. The van der Waals surface area contributed by atoms with Gasteiger partial charge >= 0.3 is 0 Å². The summed E-state index contributed by atoms with van der Waals surface area (Å²) in [5, 5.41) is 8.67. The van der Waals surface area contributed by atoms with E-state index in [9.17, 15) is 0 Å². The van der Waals surface area contributed by atoms with E-state index in [4.69, 9.17) is 4.98 Å². The first-order chi connectivity index (χ1) is 35.4. The lowest BCUT2D eigenvalue weighted by Crippen LogP contribution is -2.32. The lowest BCUT2D eigenvalue weighted by Gasteiger charge is -2.43. The number of anilines is 2. The van der Waals surface area contributed by atoms with Crippen molar-refractivity contribution in [1.82, 2.24) is 9.55 Å². The zero-order valence-electron chi connectivity index (χ0n) is 41.3. The van der Waals surface area contributed by atoms with Gasteiger partial charge in [0.1, 0.15) is 5.01 Å². The SMILES string of the molecule is CC1(C)c2ccccc2N(C2=CCCC=C2)c2ccc(-c3ccc4c(c3)c3ccc5nc(-c6ccccc6)sc5c3n4-c3ccc(-c4ccc5c(c4)c4c(c6ccccc65)C=CCC=C4)cc3)cc21.CCC. The van der Waals surface area contributed by atoms with E-state index >= 15 is 0 Å². The van der Waals surface area contributed by atoms with Crippen LogP contribution in [0.1, 0.15) is 75.6 Å². The summed E-state index contributed by atoms with van der Waals surface area (Å²) in [5.41, 5.74) is 19.4. The third-order valence-corrected chi connectivity index (χ3v) is 16.1. The molecule has 0 bridgehead atoms. The van der Waals surface area contributed by atoms with Crippen molar-refractivity contribution < 1.29 is 0 Å². The quantitative estimate of drug-likeness (QED) is 0.160. The smallest absolute Gasteiger partial charge is 0.124 e. The molecule has 11 aromatic rings. The standard InChI is InChI=1S/C65H47N3S.C3H8/c1-65(2)56-24-14-15-25-60(56)67(46-18-8-4-9-19-46)61-37-30-45(40-57(61)65)44-29-36-59-55(39-44)53-34-35-58-63(69-64(66-58)42-16-6-3-7-17-42)62(53)68(59)47-31-26-41(27-32-47)43-28-33-52-50-23-13-12-22-48(50)49-20-10-5-11-21-51(49)54(52)38-43;1-3-2/h3,6-8,10-40H,4-5,9H2,1-2H3;3H2,1-2H3. The molecule has 0 saturated carbocycles. The van der Waals surface area contributed by atoms with Gasteiger partial charge in [-0.1, -0.05) is 180 Å². The molecule has 3 aliphatic rings. The molecule has 1 aliphatic heterocycles. The van der Waals surface area contributed by atoms with E-state index in [1.54, 1.807) is 11.3 Å². The Labute approximate surface area is 426 Å². The van der Waals surface area contributed by atoms with Gasteiger partial charge in [-0.2, -0.15) is 0 Å². The van der Waals surface area contributed by atoms with Crippen LogP contribution in [0, 0.1) is 0 Å². The summed E-state index contributed by atoms with van der Waals surface area (Å²) in [6.45, 7) is 9.02. The number of thiazole rings is 1. The predicted molar refractivity (Wildman–Crippen MR) is 311 cm³/mol. The van der Waals surface area contributed by atoms with Crippen LogP contribution < -0.4 is 4.90 Å². The molecule has 2 aliphatic carbocycles. The highest BCUT2D eigenvalue weighted by Gasteiger charge is 2.37. The van der Waals surface area contributed by atoms with Crippen molar-refractivity contribution in [1.29, 1.82) is 0 Å². The number of nitrogens with zero attached hydrogens (tertiary/aromatic N) is 3. The minimum atomic E-state index is -0.188. The molecule has 0 radical (unpaired) electrons. The Kier molecular flexibility index (Phi) is 10.8. The fourth-order valence-corrected chi connectivity index (χ4v) is 12.7. The summed E-state index contributed by atoms with van der Waals surface area (Å²) >= 11 is 1.78. The Hall–Kier alpha value is -8.05. The number of hydrogen-bond donors (Lipinski definition) is 0. The molecule has 0 saturated heterocycles. The van der Waals surface area contributed by atoms with Crippen LogP contribution in [-0.2, 0) is 5.41 Å². The Balaban J connectivity index is 0.00000164. The largest absolute Gasteiger partial charge is 0.310 e. The van der Waals surface area contributed by atoms with Gasteiger partial charge in [0.2, 0.25) is 0 Å². The summed E-state index contributed by atoms with van der Waals surface area (Å²) in [4.78, 5) is 7.71. The van der Waals surface area contributed by atoms with Crippen LogP contribution in [0.2, 0.25) is 0 Å². The Morgan fingerprint density at radius 1 is 0.514 bits per heavy atom. The molecule has 348 valence electrons. The van der Waals surface area contributed by atoms with E-state index in [1.165, 1.54) is 116 Å². The lowest BCUT2D eigenvalue weighted by molar-refractivity contribution is 0.630. The summed E-state index contributed by atoms with van der Waals surface area (Å²) in [5.74, 6) is 0. The van der Waals surface area contributed by atoms with Gasteiger partial charge in [-0.25, -0.2) is 4.98 Å². The maximum atomic E-state index is 5.23. The van der Waals surface area contributed by atoms with Crippen LogP contribution in [0.3, 0.4) is 0 Å². The molecule has 72 heavy (non-hydrogen) atoms. The number of rotatable bonds is 5. The summed E-state index contributed by atoms with van der Waals surface area (Å²) in [6, 6.07) is 63.4. The van der Waals surface area contributed by atoms with Crippen LogP contribution >= 0.6 is 11.3 Å². The maximum Gasteiger partial charge on any atom is 0.124 e. The molecule has 2 aromatic heterocycles. The van der Waals surface area contributed by atoms with Gasteiger partial charge in [0.15, 0.2) is 0 Å². The average molecular weight is 946 g/mol. The van der Waals surface area contributed by atoms with Crippen molar-refractivity contribution in [3.05, 3.63) is 228 Å². The molecule has 0 amide bonds. The number of fused-ring (bicyclic) bond motifs is 13. The second-order valence-electron chi connectivity index (χ2n) is 20.0. The van der Waals surface area contributed by atoms with Gasteiger partial charge in [0, 0.05) is 33.1 Å². The molecular weight excluding hydrogens is 891 g/mol. The normalized spacial score (nSPS) is 14.6. The highest BCUT2D eigenvalue weighted by atomic mass is 32.1. The number of benzene rings is 9. The first-order valence-electron chi connectivity index (χ1n) is 25.7. The lowest BCUT2D eigenvalue weighted by atomic mass is 9.72. The van der Waals surface area contributed by atoms with E-state index in [2.05, 4.69) is 250 Å². The van der Waals surface area contributed by atoms with Crippen molar-refractivity contribution in [3.8, 4) is 38.5 Å². The number of allylic oxidation sites excluding steroid dienone is 5. The number of para-hydroxylation sites is 1. The molecule has 9 aromatic carbocycles. The van der Waals surface area contributed by atoms with Gasteiger partial charge < -0.3 is 9.47 Å². The second kappa shape index (κ2) is 17.7. The number of aromatic nitrogens is 2. The maximum absolute atomic E-state index is 5.23. The van der Waals surface area contributed by atoms with E-state index in [0.717, 1.165) is 41.0 Å². The zero-order valence-corrected chi connectivity index (χ0v) is 42.1. The molecule has 0 atom stereocenters. The molecule has 0 N–H and O–H groups in total. The predicted octanol–water partition coefficient (Wildman–Crippen LogP) is 19.6. The van der Waals surface area contributed by atoms with Gasteiger partial charge in [0.25, 0.3) is 0 Å². The summed E-state index contributed by atoms with van der Waals surface area (Å²) in [7, 11) is 0. The minimum absolute atomic E-state index is 0.188. The highest BCUT2D eigenvalue weighted by Crippen LogP contribution is 2.52. The van der Waals surface area contributed by atoms with Crippen molar-refractivity contribution in [2.45, 2.75) is 58.8 Å². The Morgan fingerprint density at radius 2 is 1.15 bits per heavy atom. The van der Waals surface area contributed by atoms with Crippen molar-refractivity contribution in [2.75, 3.05) is 4.90 Å². The summed E-state index contributed by atoms with van der Waals surface area (Å²) in [6.07, 6.45) is 20.5. The number of hydrogen-bond acceptors (Lipinski definition) is 3. The molecule has 4 heteroatoms. The third kappa shape index (κ3) is 7.11. The van der Waals surface area contributed by atoms with E-state index in [0.29, 0.717) is 0 Å². The monoisotopic (exact) mass is 945 g/mol. The third-order valence-electron chi connectivity index (χ3n) is 15.0. The highest BCUT2D eigenvalue weighted by molar-refractivity contribution is 7.22. The van der Waals surface area contributed by atoms with E-state index < -0.39 is 0 Å². The molecule has 14 rings (SSSR count). The second-order valence-corrected chi connectivity index (χ2v) is 21.0. The molecule has 0 fully saturated rings. The van der Waals surface area contributed by atoms with Gasteiger partial charge in [-0.15, -0.1) is 11.3 Å². The van der Waals surface area contributed by atoms with Crippen LogP contribution in [-0.4, -0.2) is 9.55 Å². The molecule has 0 spiro atoms. The van der Waals surface area contributed by atoms with Gasteiger partial charge in [0.05, 0.1) is 32.6 Å². The molecule has 3 heterocycles. The van der Waals surface area contributed by atoms with Gasteiger partial charge in [-0.05, 0) is 152 Å². The van der Waals surface area contributed by atoms with Crippen molar-refractivity contribution in [3.63, 3.8) is 0 Å². The Bertz CT molecular complexity index is 4080. The fraction of sp³-hybridized carbons (Fsp3) is 0.132. The molecule has 0 unspecified atom stereocenters. The van der Waals surface area contributed by atoms with Crippen LogP contribution in [0.5, 0.6) is 0 Å². The first-order valence-corrected chi connectivity index (χ1v) is 26.5. The molecular formula is C68H55N3S. The fourth-order valence-electron chi connectivity index (χ4n) is 11.6. The summed E-state index contributed by atoms with van der Waals surface area (Å²) < 4.78 is 3.67. The topological polar surface area (TPSA) is 21.1 Å². The van der Waals surface area contributed by atoms with Crippen LogP contribution in [0.15, 0.2) is 206 Å². The molecule has 3 nitrogen and oxygen atoms in total. The van der Waals surface area contributed by atoms with Crippen LogP contribution in [0.4, 0.5) is 11.4 Å². The minimum Gasteiger partial charge on any atom is -0.310 e. The Morgan fingerprint density at radius 3 is 1.96 bits per heavy atom. The van der Waals surface area contributed by atoms with E-state index in [-0.39, 0.29) is 5.41 Å². The van der Waals surface area contributed by atoms with Crippen molar-refractivity contribution in [2.24, 2.45) is 0 Å². The van der Waals surface area contributed by atoms with Gasteiger partial charge in [-0.3, -0.25) is 0 Å². The zero-order chi connectivity index (χ0) is 48.5.